The van der Waals surface area contributed by atoms with Crippen molar-refractivity contribution >= 4 is 46.3 Å². The van der Waals surface area contributed by atoms with E-state index in [1.807, 2.05) is 0 Å². The molecule has 1 saturated heterocycles. The zero-order valence-corrected chi connectivity index (χ0v) is 23.1. The Balaban J connectivity index is 1.50. The number of nitrogens with two attached hydrogens (primary N) is 1. The van der Waals surface area contributed by atoms with Crippen molar-refractivity contribution in [3.63, 3.8) is 0 Å². The fraction of sp³-hybridized carbons (Fsp3) is 0.353. The van der Waals surface area contributed by atoms with E-state index in [1.54, 1.807) is 6.07 Å². The lowest BCUT2D eigenvalue weighted by molar-refractivity contribution is -0.385. The van der Waals surface area contributed by atoms with E-state index < -0.39 is 59.5 Å². The van der Waals surface area contributed by atoms with Gasteiger partial charge in [0.2, 0.25) is 11.8 Å². The van der Waals surface area contributed by atoms with E-state index in [0.29, 0.717) is 0 Å². The van der Waals surface area contributed by atoms with Crippen LogP contribution in [0.1, 0.15) is 11.8 Å². The number of para-hydroxylation sites is 1. The lowest BCUT2D eigenvalue weighted by Crippen LogP contribution is -2.34. The highest BCUT2D eigenvalue weighted by Gasteiger charge is 2.45. The number of nitro benzene ring substituents is 1. The number of ether oxygens (including phenoxy) is 2. The van der Waals surface area contributed by atoms with E-state index in [9.17, 15) is 48.7 Å². The quantitative estimate of drug-likeness (QED) is 0.0927. The van der Waals surface area contributed by atoms with Crippen LogP contribution in [0.5, 0.6) is 5.88 Å². The standard InChI is InChI=1S/C17H21N6O16P3/c18-17-20-14-11(15(21-17)35-5-8-3-1-2-4-9(8)23(26)27)19-7-22(14)16-13(25)12(24)10(37-16)6-36-41(31,32)39-42(33,34)38-40(28,29)30/h1-4,7,10,12-13,16,24-25H,5-6H2,(H,31,32)(H,33,34)(H2,18,20,21)(H2,28,29,30)/p-3/t10-,12-,13-,16-/m1/s1. The monoisotopic (exact) mass is 655 g/mol. The van der Waals surface area contributed by atoms with E-state index in [0.717, 1.165) is 10.9 Å². The van der Waals surface area contributed by atoms with Crippen LogP contribution in [0.25, 0.3) is 11.2 Å². The third kappa shape index (κ3) is 7.52. The number of nitrogens with zero attached hydrogens (tertiary/aromatic N) is 5. The second-order valence-corrected chi connectivity index (χ2v) is 12.5. The predicted molar refractivity (Wildman–Crippen MR) is 126 cm³/mol. The number of phosphoric ester groups is 1. The first-order chi connectivity index (χ1) is 19.5. The molecule has 1 fully saturated rings. The Labute approximate surface area is 232 Å². The SMILES string of the molecule is Nc1nc(OCc2ccccc2[N+](=O)[O-])c2ncn([C@@H]3O[C@H](COP(=O)([O-])OP(=O)([O-])OP(=O)([O-])O)[C@@H](O)[C@H]3O)c2n1. The molecular formula is C17H18N6O16P3-3. The number of anilines is 1. The number of aliphatic hydroxyl groups is 2. The van der Waals surface area contributed by atoms with Gasteiger partial charge in [-0.2, -0.15) is 9.97 Å². The summed E-state index contributed by atoms with van der Waals surface area (Å²) in [6.45, 7) is -1.47. The molecule has 3 aromatic rings. The van der Waals surface area contributed by atoms with Crippen molar-refractivity contribution in [3.8, 4) is 5.88 Å². The molecule has 3 heterocycles. The van der Waals surface area contributed by atoms with E-state index in [4.69, 9.17) is 20.1 Å². The average Bonchev–Trinajstić information content (AvgIpc) is 3.39. The minimum atomic E-state index is -6.16. The van der Waals surface area contributed by atoms with E-state index in [2.05, 4.69) is 28.1 Å². The smallest absolute Gasteiger partial charge is 0.280 e. The molecule has 4 rings (SSSR count). The van der Waals surface area contributed by atoms with Crippen LogP contribution in [0.15, 0.2) is 30.6 Å². The van der Waals surface area contributed by atoms with Gasteiger partial charge in [0.25, 0.3) is 29.2 Å². The van der Waals surface area contributed by atoms with Crippen LogP contribution < -0.4 is 25.2 Å². The average molecular weight is 655 g/mol. The Bertz CT molecular complexity index is 1630. The van der Waals surface area contributed by atoms with Crippen LogP contribution in [-0.4, -0.2) is 64.5 Å². The van der Waals surface area contributed by atoms with Crippen molar-refractivity contribution in [1.82, 2.24) is 19.5 Å². The van der Waals surface area contributed by atoms with Crippen molar-refractivity contribution in [3.05, 3.63) is 46.3 Å². The zero-order chi connectivity index (χ0) is 31.0. The number of hydrogen-bond donors (Lipinski definition) is 4. The molecule has 7 atom stereocenters. The van der Waals surface area contributed by atoms with Gasteiger partial charge in [0.1, 0.15) is 24.9 Å². The summed E-state index contributed by atoms with van der Waals surface area (Å²) in [7, 11) is -18.0. The first-order valence-corrected chi connectivity index (χ1v) is 15.5. The number of imidazole rings is 1. The summed E-state index contributed by atoms with van der Waals surface area (Å²) < 4.78 is 56.8. The number of hydrogen-bond acceptors (Lipinski definition) is 19. The molecule has 1 aliphatic rings. The summed E-state index contributed by atoms with van der Waals surface area (Å²) in [5, 5.41) is 32.2. The molecule has 0 saturated carbocycles. The van der Waals surface area contributed by atoms with Gasteiger partial charge in [0.05, 0.1) is 23.4 Å². The number of aliphatic hydroxyl groups excluding tert-OH is 2. The second kappa shape index (κ2) is 12.0. The Morgan fingerprint density at radius 3 is 2.43 bits per heavy atom. The molecule has 230 valence electrons. The maximum Gasteiger partial charge on any atom is 0.280 e. The number of nitrogen functional groups attached to an aromatic ring is 1. The predicted octanol–water partition coefficient (Wildman–Crippen LogP) is -2.04. The molecule has 0 radical (unpaired) electrons. The highest BCUT2D eigenvalue weighted by molar-refractivity contribution is 7.65. The van der Waals surface area contributed by atoms with Gasteiger partial charge in [-0.25, -0.2) is 13.6 Å². The van der Waals surface area contributed by atoms with Crippen LogP contribution in [0.2, 0.25) is 0 Å². The number of aromatic nitrogens is 4. The number of fused-ring (bicyclic) bond motifs is 1. The van der Waals surface area contributed by atoms with Gasteiger partial charge in [0.15, 0.2) is 17.4 Å². The van der Waals surface area contributed by atoms with E-state index in [-0.39, 0.29) is 40.8 Å². The summed E-state index contributed by atoms with van der Waals surface area (Å²) in [6, 6.07) is 5.74. The maximum absolute atomic E-state index is 11.8. The van der Waals surface area contributed by atoms with Gasteiger partial charge in [-0.1, -0.05) is 12.1 Å². The fourth-order valence-electron chi connectivity index (χ4n) is 3.70. The molecule has 3 unspecified atom stereocenters. The summed E-state index contributed by atoms with van der Waals surface area (Å²) in [4.78, 5) is 64.8. The third-order valence-corrected chi connectivity index (χ3v) is 9.06. The van der Waals surface area contributed by atoms with Crippen molar-refractivity contribution in [1.29, 1.82) is 0 Å². The van der Waals surface area contributed by atoms with Crippen molar-refractivity contribution in [2.75, 3.05) is 12.3 Å². The van der Waals surface area contributed by atoms with Gasteiger partial charge >= 0.3 is 0 Å². The normalized spacial score (nSPS) is 25.0. The lowest BCUT2D eigenvalue weighted by atomic mass is 10.1. The lowest BCUT2D eigenvalue weighted by Gasteiger charge is -2.33. The molecule has 0 bridgehead atoms. The molecule has 42 heavy (non-hydrogen) atoms. The molecule has 2 aromatic heterocycles. The van der Waals surface area contributed by atoms with E-state index >= 15 is 0 Å². The highest BCUT2D eigenvalue weighted by Crippen LogP contribution is 2.61. The molecule has 22 nitrogen and oxygen atoms in total. The van der Waals surface area contributed by atoms with Gasteiger partial charge in [0, 0.05) is 6.07 Å². The summed E-state index contributed by atoms with van der Waals surface area (Å²) in [6.07, 6.45) is -5.74. The Hall–Kier alpha value is -2.94. The van der Waals surface area contributed by atoms with Crippen LogP contribution in [0.3, 0.4) is 0 Å². The molecule has 1 aromatic carbocycles. The number of nitro groups is 1. The minimum Gasteiger partial charge on any atom is -0.756 e. The molecular weight excluding hydrogens is 637 g/mol. The summed E-state index contributed by atoms with van der Waals surface area (Å²) in [5.74, 6) is -0.560. The van der Waals surface area contributed by atoms with Gasteiger partial charge in [-0.05, 0) is 6.07 Å². The maximum atomic E-state index is 11.8. The largest absolute Gasteiger partial charge is 0.756 e. The zero-order valence-electron chi connectivity index (χ0n) is 20.4. The number of benzene rings is 1. The van der Waals surface area contributed by atoms with Crippen LogP contribution in [0.4, 0.5) is 11.6 Å². The first-order valence-electron chi connectivity index (χ1n) is 11.1. The Kier molecular flexibility index (Phi) is 9.12. The molecule has 5 N–H and O–H groups in total. The Morgan fingerprint density at radius 2 is 1.76 bits per heavy atom. The van der Waals surface area contributed by atoms with Crippen LogP contribution in [-0.2, 0) is 38.2 Å². The van der Waals surface area contributed by atoms with Gasteiger partial charge < -0.3 is 49.5 Å². The summed E-state index contributed by atoms with van der Waals surface area (Å²) in [5.41, 5.74) is 5.59. The van der Waals surface area contributed by atoms with Crippen molar-refractivity contribution in [2.24, 2.45) is 0 Å². The van der Waals surface area contributed by atoms with Crippen LogP contribution in [0, 0.1) is 10.1 Å². The topological polar surface area (TPSA) is 340 Å². The van der Waals surface area contributed by atoms with Gasteiger partial charge in [-0.3, -0.25) is 28.4 Å². The van der Waals surface area contributed by atoms with Crippen LogP contribution >= 0.6 is 23.5 Å². The van der Waals surface area contributed by atoms with E-state index in [1.165, 1.54) is 18.2 Å². The first kappa shape index (κ1) is 32.0. The minimum absolute atomic E-state index is 0.0454. The Morgan fingerprint density at radius 1 is 1.07 bits per heavy atom. The third-order valence-electron chi connectivity index (χ3n) is 5.37. The molecule has 25 heteroatoms. The molecule has 0 spiro atoms. The van der Waals surface area contributed by atoms with Crippen molar-refractivity contribution < 1.29 is 71.0 Å². The van der Waals surface area contributed by atoms with Gasteiger partial charge in [-0.15, -0.1) is 0 Å². The molecule has 0 aliphatic carbocycles. The molecule has 1 aliphatic heterocycles. The number of rotatable bonds is 12. The second-order valence-electron chi connectivity index (χ2n) is 8.25. The summed E-state index contributed by atoms with van der Waals surface area (Å²) >= 11 is 0. The molecule has 0 amide bonds. The highest BCUT2D eigenvalue weighted by atomic mass is 31.3. The van der Waals surface area contributed by atoms with Crippen molar-refractivity contribution in [2.45, 2.75) is 31.1 Å². The number of phosphoric acid groups is 3. The fourth-order valence-corrected chi connectivity index (χ4v) is 6.60.